The summed E-state index contributed by atoms with van der Waals surface area (Å²) in [6.07, 6.45) is 0. The highest BCUT2D eigenvalue weighted by Crippen LogP contribution is 2.22. The van der Waals surface area contributed by atoms with Crippen molar-refractivity contribution in [3.63, 3.8) is 0 Å². The zero-order valence-electron chi connectivity index (χ0n) is 9.29. The van der Waals surface area contributed by atoms with E-state index in [0.717, 1.165) is 22.1 Å². The molecule has 0 saturated carbocycles. The molecule has 0 unspecified atom stereocenters. The lowest BCUT2D eigenvalue weighted by molar-refractivity contribution is 0.753. The summed E-state index contributed by atoms with van der Waals surface area (Å²) in [6, 6.07) is 8.63. The Bertz CT molecular complexity index is 380. The van der Waals surface area contributed by atoms with Crippen LogP contribution >= 0.6 is 15.9 Å². The minimum Gasteiger partial charge on any atom is -0.371 e. The molecule has 0 atom stereocenters. The number of hydrogen-bond acceptors (Lipinski definition) is 2. The molecule has 15 heavy (non-hydrogen) atoms. The molecule has 0 bridgehead atoms. The summed E-state index contributed by atoms with van der Waals surface area (Å²) in [7, 11) is 2.01. The smallest absolute Gasteiger partial charge is 0.101 e. The van der Waals surface area contributed by atoms with E-state index in [-0.39, 0.29) is 0 Å². The number of alkyl halides is 1. The molecule has 0 N–H and O–H groups in total. The number of halogens is 1. The van der Waals surface area contributed by atoms with Gasteiger partial charge in [-0.05, 0) is 31.5 Å². The number of hydrogen-bond donors (Lipinski definition) is 0. The van der Waals surface area contributed by atoms with Gasteiger partial charge >= 0.3 is 0 Å². The van der Waals surface area contributed by atoms with E-state index < -0.39 is 0 Å². The highest BCUT2D eigenvalue weighted by Gasteiger charge is 2.10. The standard InChI is InChI=1S/C12H15BrN2/c1-9(2)15(3)12-5-4-10(7-13)6-11(12)8-14/h4-6,9H,7H2,1-3H3. The molecule has 0 spiro atoms. The van der Waals surface area contributed by atoms with Gasteiger partial charge in [0, 0.05) is 18.4 Å². The van der Waals surface area contributed by atoms with Gasteiger partial charge in [-0.3, -0.25) is 0 Å². The zero-order valence-corrected chi connectivity index (χ0v) is 10.9. The van der Waals surface area contributed by atoms with Gasteiger partial charge in [-0.25, -0.2) is 0 Å². The number of anilines is 1. The molecule has 1 rings (SSSR count). The van der Waals surface area contributed by atoms with Crippen LogP contribution in [0.4, 0.5) is 5.69 Å². The molecule has 0 fully saturated rings. The Hall–Kier alpha value is -1.01. The number of nitriles is 1. The molecule has 80 valence electrons. The van der Waals surface area contributed by atoms with E-state index in [1.54, 1.807) is 0 Å². The average molecular weight is 267 g/mol. The highest BCUT2D eigenvalue weighted by atomic mass is 79.9. The van der Waals surface area contributed by atoms with Crippen LogP contribution in [0.3, 0.4) is 0 Å². The summed E-state index contributed by atoms with van der Waals surface area (Å²) in [4.78, 5) is 2.11. The van der Waals surface area contributed by atoms with E-state index >= 15 is 0 Å². The fourth-order valence-electron chi connectivity index (χ4n) is 1.34. The molecule has 0 aromatic heterocycles. The predicted molar refractivity (Wildman–Crippen MR) is 67.3 cm³/mol. The Morgan fingerprint density at radius 2 is 2.13 bits per heavy atom. The molecule has 0 aliphatic rings. The maximum atomic E-state index is 9.08. The molecule has 2 nitrogen and oxygen atoms in total. The number of nitrogens with zero attached hydrogens (tertiary/aromatic N) is 2. The van der Waals surface area contributed by atoms with Crippen molar-refractivity contribution in [2.45, 2.75) is 25.2 Å². The van der Waals surface area contributed by atoms with Crippen molar-refractivity contribution in [3.05, 3.63) is 29.3 Å². The molecule has 0 heterocycles. The lowest BCUT2D eigenvalue weighted by atomic mass is 10.1. The lowest BCUT2D eigenvalue weighted by Crippen LogP contribution is -2.26. The normalized spacial score (nSPS) is 10.1. The van der Waals surface area contributed by atoms with Gasteiger partial charge in [0.1, 0.15) is 6.07 Å². The van der Waals surface area contributed by atoms with Crippen LogP contribution in [0.15, 0.2) is 18.2 Å². The van der Waals surface area contributed by atoms with Crippen LogP contribution in [0.2, 0.25) is 0 Å². The van der Waals surface area contributed by atoms with Crippen molar-refractivity contribution in [2.24, 2.45) is 0 Å². The molecule has 0 amide bonds. The second-order valence-electron chi connectivity index (χ2n) is 3.80. The zero-order chi connectivity index (χ0) is 11.4. The van der Waals surface area contributed by atoms with E-state index in [0.29, 0.717) is 6.04 Å². The molecule has 0 radical (unpaired) electrons. The van der Waals surface area contributed by atoms with Gasteiger partial charge < -0.3 is 4.90 Å². The fraction of sp³-hybridized carbons (Fsp3) is 0.417. The minimum absolute atomic E-state index is 0.395. The van der Waals surface area contributed by atoms with E-state index in [2.05, 4.69) is 40.7 Å². The molecule has 1 aromatic rings. The van der Waals surface area contributed by atoms with Crippen LogP contribution in [-0.2, 0) is 5.33 Å². The van der Waals surface area contributed by atoms with Crippen LogP contribution in [0.1, 0.15) is 25.0 Å². The maximum Gasteiger partial charge on any atom is 0.101 e. The Labute approximate surface area is 99.6 Å². The fourth-order valence-corrected chi connectivity index (χ4v) is 1.69. The Kier molecular flexibility index (Phi) is 4.16. The monoisotopic (exact) mass is 266 g/mol. The van der Waals surface area contributed by atoms with Gasteiger partial charge in [-0.15, -0.1) is 0 Å². The van der Waals surface area contributed by atoms with Crippen LogP contribution in [0.25, 0.3) is 0 Å². The van der Waals surface area contributed by atoms with Gasteiger partial charge in [-0.1, -0.05) is 22.0 Å². The summed E-state index contributed by atoms with van der Waals surface area (Å²) >= 11 is 3.39. The molecular formula is C12H15BrN2. The largest absolute Gasteiger partial charge is 0.371 e. The van der Waals surface area contributed by atoms with Crippen LogP contribution < -0.4 is 4.90 Å². The third-order valence-electron chi connectivity index (χ3n) is 2.49. The second-order valence-corrected chi connectivity index (χ2v) is 4.36. The first-order valence-electron chi connectivity index (χ1n) is 4.92. The summed E-state index contributed by atoms with van der Waals surface area (Å²) < 4.78 is 0. The van der Waals surface area contributed by atoms with Crippen molar-refractivity contribution in [1.82, 2.24) is 0 Å². The van der Waals surface area contributed by atoms with E-state index in [4.69, 9.17) is 5.26 Å². The second kappa shape index (κ2) is 5.18. The number of rotatable bonds is 3. The van der Waals surface area contributed by atoms with Crippen molar-refractivity contribution < 1.29 is 0 Å². The topological polar surface area (TPSA) is 27.0 Å². The van der Waals surface area contributed by atoms with Crippen molar-refractivity contribution in [3.8, 4) is 6.07 Å². The Morgan fingerprint density at radius 1 is 1.47 bits per heavy atom. The predicted octanol–water partition coefficient (Wildman–Crippen LogP) is 3.30. The highest BCUT2D eigenvalue weighted by molar-refractivity contribution is 9.08. The first-order chi connectivity index (χ1) is 7.10. The quantitative estimate of drug-likeness (QED) is 0.786. The minimum atomic E-state index is 0.395. The van der Waals surface area contributed by atoms with Crippen molar-refractivity contribution >= 4 is 21.6 Å². The molecule has 0 aliphatic heterocycles. The van der Waals surface area contributed by atoms with Crippen LogP contribution in [-0.4, -0.2) is 13.1 Å². The van der Waals surface area contributed by atoms with E-state index in [1.807, 2.05) is 25.2 Å². The molecule has 1 aromatic carbocycles. The van der Waals surface area contributed by atoms with E-state index in [9.17, 15) is 0 Å². The number of benzene rings is 1. The SMILES string of the molecule is CC(C)N(C)c1ccc(CBr)cc1C#N. The summed E-state index contributed by atoms with van der Waals surface area (Å²) in [6.45, 7) is 4.22. The van der Waals surface area contributed by atoms with Gasteiger partial charge in [-0.2, -0.15) is 5.26 Å². The summed E-state index contributed by atoms with van der Waals surface area (Å²) in [5.74, 6) is 0. The van der Waals surface area contributed by atoms with Crippen LogP contribution in [0.5, 0.6) is 0 Å². The third kappa shape index (κ3) is 2.73. The molecular weight excluding hydrogens is 252 g/mol. The molecule has 0 saturated heterocycles. The Morgan fingerprint density at radius 3 is 2.60 bits per heavy atom. The van der Waals surface area contributed by atoms with Gasteiger partial charge in [0.25, 0.3) is 0 Å². The van der Waals surface area contributed by atoms with Gasteiger partial charge in [0.15, 0.2) is 0 Å². The lowest BCUT2D eigenvalue weighted by Gasteiger charge is -2.24. The molecule has 3 heteroatoms. The first kappa shape index (κ1) is 12.1. The van der Waals surface area contributed by atoms with Gasteiger partial charge in [0.2, 0.25) is 0 Å². The van der Waals surface area contributed by atoms with Gasteiger partial charge in [0.05, 0.1) is 11.3 Å². The summed E-state index contributed by atoms with van der Waals surface area (Å²) in [5.41, 5.74) is 2.87. The Balaban J connectivity index is 3.14. The van der Waals surface area contributed by atoms with Crippen LogP contribution in [0, 0.1) is 11.3 Å². The first-order valence-corrected chi connectivity index (χ1v) is 6.04. The maximum absolute atomic E-state index is 9.08. The van der Waals surface area contributed by atoms with Crippen molar-refractivity contribution in [2.75, 3.05) is 11.9 Å². The summed E-state index contributed by atoms with van der Waals surface area (Å²) in [5, 5.41) is 9.86. The third-order valence-corrected chi connectivity index (χ3v) is 3.14. The average Bonchev–Trinajstić information content (AvgIpc) is 2.27. The molecule has 0 aliphatic carbocycles. The van der Waals surface area contributed by atoms with E-state index in [1.165, 1.54) is 0 Å². The van der Waals surface area contributed by atoms with Crippen molar-refractivity contribution in [1.29, 1.82) is 5.26 Å².